The van der Waals surface area contributed by atoms with E-state index in [1.54, 1.807) is 45.9 Å². The minimum Gasteiger partial charge on any atom is -0.479 e. The number of carboxylic acid groups (broad SMARTS) is 1. The maximum Gasteiger partial charge on any atom is 0.332 e. The van der Waals surface area contributed by atoms with Crippen LogP contribution < -0.4 is 27.5 Å². The van der Waals surface area contributed by atoms with Crippen LogP contribution in [0, 0.1) is 11.8 Å². The first-order valence-electron chi connectivity index (χ1n) is 19.2. The summed E-state index contributed by atoms with van der Waals surface area (Å²) in [6, 6.07) is 2.32. The molecule has 0 bridgehead atoms. The molecule has 1 aromatic rings. The van der Waals surface area contributed by atoms with Crippen LogP contribution >= 0.6 is 0 Å². The van der Waals surface area contributed by atoms with Crippen molar-refractivity contribution in [1.82, 2.24) is 20.5 Å². The van der Waals surface area contributed by atoms with Crippen LogP contribution in [0.15, 0.2) is 42.2 Å². The maximum absolute atomic E-state index is 13.4. The summed E-state index contributed by atoms with van der Waals surface area (Å²) in [5.41, 5.74) is 7.59. The van der Waals surface area contributed by atoms with E-state index in [1.165, 1.54) is 0 Å². The summed E-state index contributed by atoms with van der Waals surface area (Å²) in [7, 11) is -4.26. The number of amides is 5. The van der Waals surface area contributed by atoms with Crippen molar-refractivity contribution in [2.45, 2.75) is 103 Å². The van der Waals surface area contributed by atoms with Gasteiger partial charge in [0.1, 0.15) is 12.6 Å². The van der Waals surface area contributed by atoms with Crippen molar-refractivity contribution in [3.63, 3.8) is 0 Å². The molecule has 1 aromatic carbocycles. The van der Waals surface area contributed by atoms with Gasteiger partial charge in [-0.1, -0.05) is 33.8 Å². The number of hydrogen-bond acceptors (Lipinski definition) is 15. The van der Waals surface area contributed by atoms with Gasteiger partial charge in [0.2, 0.25) is 17.7 Å². The predicted octanol–water partition coefficient (Wildman–Crippen LogP) is -0.556. The monoisotopic (exact) mass is 865 g/mol. The third-order valence-electron chi connectivity index (χ3n) is 9.46. The van der Waals surface area contributed by atoms with Gasteiger partial charge in [0.05, 0.1) is 42.9 Å². The Bertz CT molecular complexity index is 1920. The lowest BCUT2D eigenvalue weighted by atomic mass is 9.94. The molecular weight excluding hydrogens is 811 g/mol. The maximum atomic E-state index is 13.4. The number of imide groups is 1. The van der Waals surface area contributed by atoms with E-state index >= 15 is 0 Å². The fourth-order valence-corrected chi connectivity index (χ4v) is 6.81. The number of anilines is 1. The van der Waals surface area contributed by atoms with Crippen LogP contribution in [0.2, 0.25) is 0 Å². The Balaban J connectivity index is 1.67. The Labute approximate surface area is 347 Å². The number of nitrogens with one attached hydrogen (secondary N) is 3. The van der Waals surface area contributed by atoms with Crippen LogP contribution in [0.3, 0.4) is 0 Å². The molecule has 3 rings (SSSR count). The molecule has 3 unspecified atom stereocenters. The molecule has 0 aliphatic carbocycles. The third kappa shape index (κ3) is 15.6. The first kappa shape index (κ1) is 48.9. The average molecular weight is 866 g/mol. The number of aliphatic hydroxyl groups is 1. The van der Waals surface area contributed by atoms with E-state index in [4.69, 9.17) is 25.6 Å². The quantitative estimate of drug-likeness (QED) is 0.0238. The van der Waals surface area contributed by atoms with Crippen LogP contribution in [-0.2, 0) is 66.2 Å². The molecule has 0 spiro atoms. The Morgan fingerprint density at radius 2 is 1.72 bits per heavy atom. The van der Waals surface area contributed by atoms with Crippen LogP contribution in [0.1, 0.15) is 70.9 Å². The molecule has 1 saturated heterocycles. The van der Waals surface area contributed by atoms with Crippen LogP contribution in [-0.4, -0.2) is 124 Å². The molecule has 1 fully saturated rings. The van der Waals surface area contributed by atoms with Gasteiger partial charge in [-0.25, -0.2) is 10.6 Å². The Kier molecular flexibility index (Phi) is 18.2. The molecule has 0 saturated carbocycles. The van der Waals surface area contributed by atoms with E-state index in [1.807, 2.05) is 0 Å². The summed E-state index contributed by atoms with van der Waals surface area (Å²) >= 11 is 0. The Hall–Kier alpha value is -5.42. The summed E-state index contributed by atoms with van der Waals surface area (Å²) < 4.78 is 42.1. The van der Waals surface area contributed by atoms with Crippen LogP contribution in [0.4, 0.5) is 5.69 Å². The SMILES string of the molecule is CC(C)C(=O)OCc1ccc(NC(=O)CNC(=O)C(NC(=O)C[C@H](/C(N)=C/N(N)CCCS(=O)(=O)O)N2C(=O)C=CC2=O)C(C)C)cc1CC[C@H]1CC(O)CC(C(=O)O)O1. The number of aliphatic carboxylic acids is 1. The third-order valence-corrected chi connectivity index (χ3v) is 10.3. The van der Waals surface area contributed by atoms with Gasteiger partial charge in [-0.05, 0) is 54.9 Å². The van der Waals surface area contributed by atoms with Crippen LogP contribution in [0.5, 0.6) is 0 Å². The molecule has 0 aromatic heterocycles. The predicted molar refractivity (Wildman–Crippen MR) is 213 cm³/mol. The lowest BCUT2D eigenvalue weighted by Gasteiger charge is -2.31. The van der Waals surface area contributed by atoms with Crippen molar-refractivity contribution in [1.29, 1.82) is 0 Å². The number of aliphatic hydroxyl groups excluding tert-OH is 1. The van der Waals surface area contributed by atoms with E-state index < -0.39 is 107 Å². The molecule has 60 heavy (non-hydrogen) atoms. The van der Waals surface area contributed by atoms with E-state index in [9.17, 15) is 52.2 Å². The lowest BCUT2D eigenvalue weighted by Crippen LogP contribution is -2.53. The van der Waals surface area contributed by atoms with Crippen LogP contribution in [0.25, 0.3) is 0 Å². The molecule has 2 heterocycles. The summed E-state index contributed by atoms with van der Waals surface area (Å²) in [6.07, 6.45) is 0.642. The highest BCUT2D eigenvalue weighted by Crippen LogP contribution is 2.26. The number of nitrogens with two attached hydrogens (primary N) is 2. The fraction of sp³-hybridized carbons (Fsp3) is 0.553. The molecule has 332 valence electrons. The second-order valence-corrected chi connectivity index (χ2v) is 16.7. The van der Waals surface area contributed by atoms with Crippen molar-refractivity contribution in [3.05, 3.63) is 53.4 Å². The van der Waals surface area contributed by atoms with Gasteiger partial charge in [0, 0.05) is 42.7 Å². The van der Waals surface area contributed by atoms with Crippen molar-refractivity contribution in [3.8, 4) is 0 Å². The molecule has 22 heteroatoms. The largest absolute Gasteiger partial charge is 0.479 e. The highest BCUT2D eigenvalue weighted by Gasteiger charge is 2.36. The molecule has 0 radical (unpaired) electrons. The summed E-state index contributed by atoms with van der Waals surface area (Å²) in [5, 5.41) is 28.3. The van der Waals surface area contributed by atoms with Gasteiger partial charge < -0.3 is 46.4 Å². The van der Waals surface area contributed by atoms with Gasteiger partial charge in [0.15, 0.2) is 6.10 Å². The second kappa shape index (κ2) is 22.3. The highest BCUT2D eigenvalue weighted by atomic mass is 32.2. The second-order valence-electron chi connectivity index (χ2n) is 15.2. The number of ether oxygens (including phenoxy) is 2. The topological polar surface area (TPSA) is 327 Å². The molecule has 10 N–H and O–H groups in total. The Morgan fingerprint density at radius 3 is 2.32 bits per heavy atom. The molecule has 2 aliphatic heterocycles. The number of hydrazine groups is 1. The van der Waals surface area contributed by atoms with Gasteiger partial charge in [0.25, 0.3) is 21.9 Å². The number of hydrogen-bond donors (Lipinski definition) is 8. The summed E-state index contributed by atoms with van der Waals surface area (Å²) in [4.78, 5) is 89.3. The molecule has 5 amide bonds. The number of carboxylic acids is 1. The summed E-state index contributed by atoms with van der Waals surface area (Å²) in [6.45, 7) is 5.95. The number of carbonyl (C=O) groups excluding carboxylic acids is 6. The minimum atomic E-state index is -4.26. The number of aryl methyl sites for hydroxylation is 1. The minimum absolute atomic E-state index is 0.0274. The standard InChI is InChI=1S/C38H55N7O14S/c1-21(2)35(43-31(47)17-29(45-33(49)10-11-34(45)50)28(39)19-44(40)12-5-13-60(55,56)57)36(51)41-18-32(48)42-25-8-6-24(20-58-38(54)22(3)4)23(14-25)7-9-27-15-26(46)16-30(59-27)37(52)53/h6,8,10-11,14,19,21-22,26-27,29-30,35,46H,5,7,9,12-13,15-18,20,39-40H2,1-4H3,(H,41,51)(H,42,48)(H,43,47)(H,52,53)(H,55,56,57)/b28-19-/t26?,27-,29+,30?,35?/m0/s1. The first-order chi connectivity index (χ1) is 28.0. The number of benzene rings is 1. The zero-order valence-electron chi connectivity index (χ0n) is 33.9. The van der Waals surface area contributed by atoms with Crippen molar-refractivity contribution >= 4 is 57.3 Å². The van der Waals surface area contributed by atoms with Gasteiger partial charge >= 0.3 is 11.9 Å². The van der Waals surface area contributed by atoms with Gasteiger partial charge in [-0.15, -0.1) is 0 Å². The van der Waals surface area contributed by atoms with E-state index in [-0.39, 0.29) is 44.0 Å². The number of esters is 1. The Morgan fingerprint density at radius 1 is 1.05 bits per heavy atom. The van der Waals surface area contributed by atoms with E-state index in [0.717, 1.165) is 28.3 Å². The lowest BCUT2D eigenvalue weighted by molar-refractivity contribution is -0.166. The smallest absolute Gasteiger partial charge is 0.332 e. The first-order valence-corrected chi connectivity index (χ1v) is 20.9. The number of rotatable bonds is 22. The molecule has 5 atom stereocenters. The molecule has 21 nitrogen and oxygen atoms in total. The number of carbonyl (C=O) groups is 7. The van der Waals surface area contributed by atoms with Gasteiger partial charge in [-0.3, -0.25) is 38.2 Å². The molecular formula is C38H55N7O14S. The van der Waals surface area contributed by atoms with Crippen molar-refractivity contribution in [2.24, 2.45) is 23.4 Å². The van der Waals surface area contributed by atoms with E-state index in [2.05, 4.69) is 16.0 Å². The van der Waals surface area contributed by atoms with Crippen molar-refractivity contribution < 1.29 is 66.2 Å². The zero-order chi connectivity index (χ0) is 44.9. The van der Waals surface area contributed by atoms with Crippen molar-refractivity contribution in [2.75, 3.05) is 24.2 Å². The van der Waals surface area contributed by atoms with Gasteiger partial charge in [-0.2, -0.15) is 8.42 Å². The number of nitrogens with zero attached hydrogens (tertiary/aromatic N) is 2. The zero-order valence-corrected chi connectivity index (χ0v) is 34.7. The fourth-order valence-electron chi connectivity index (χ4n) is 6.32. The summed E-state index contributed by atoms with van der Waals surface area (Å²) in [5.74, 6) is -0.897. The van der Waals surface area contributed by atoms with E-state index in [0.29, 0.717) is 29.7 Å². The highest BCUT2D eigenvalue weighted by molar-refractivity contribution is 7.85. The molecule has 2 aliphatic rings. The normalized spacial score (nSPS) is 19.2. The average Bonchev–Trinajstić information content (AvgIpc) is 3.48.